The van der Waals surface area contributed by atoms with Crippen molar-refractivity contribution in [2.24, 2.45) is 5.92 Å². The fourth-order valence-corrected chi connectivity index (χ4v) is 3.96. The van der Waals surface area contributed by atoms with Crippen LogP contribution >= 0.6 is 15.9 Å². The van der Waals surface area contributed by atoms with E-state index < -0.39 is 5.92 Å². The number of rotatable bonds is 5. The van der Waals surface area contributed by atoms with Crippen LogP contribution in [-0.2, 0) is 16.1 Å². The largest absolute Gasteiger partial charge is 0.467 e. The summed E-state index contributed by atoms with van der Waals surface area (Å²) in [6.45, 7) is 0.692. The molecular formula is C22H19BrN2O3. The van der Waals surface area contributed by atoms with Gasteiger partial charge in [0.05, 0.1) is 24.4 Å². The van der Waals surface area contributed by atoms with Crippen molar-refractivity contribution in [2.45, 2.75) is 13.0 Å². The molecule has 6 heteroatoms. The van der Waals surface area contributed by atoms with E-state index in [0.717, 1.165) is 15.8 Å². The average Bonchev–Trinajstić information content (AvgIpc) is 3.36. The number of furan rings is 1. The first kappa shape index (κ1) is 18.5. The first-order chi connectivity index (χ1) is 13.6. The molecule has 5 nitrogen and oxygen atoms in total. The number of nitrogens with zero attached hydrogens (tertiary/aromatic N) is 2. The monoisotopic (exact) mass is 438 g/mol. The molecule has 1 fully saturated rings. The molecule has 1 unspecified atom stereocenters. The lowest BCUT2D eigenvalue weighted by molar-refractivity contribution is -0.124. The van der Waals surface area contributed by atoms with Crippen LogP contribution < -0.4 is 9.80 Å². The highest BCUT2D eigenvalue weighted by Crippen LogP contribution is 2.33. The van der Waals surface area contributed by atoms with Crippen LogP contribution in [0.2, 0.25) is 0 Å². The maximum Gasteiger partial charge on any atom is 0.232 e. The smallest absolute Gasteiger partial charge is 0.232 e. The molecule has 0 radical (unpaired) electrons. The summed E-state index contributed by atoms with van der Waals surface area (Å²) in [5, 5.41) is 0. The van der Waals surface area contributed by atoms with Gasteiger partial charge in [0.25, 0.3) is 0 Å². The molecular weight excluding hydrogens is 420 g/mol. The molecule has 2 aromatic carbocycles. The van der Waals surface area contributed by atoms with Gasteiger partial charge in [0.2, 0.25) is 11.8 Å². The van der Waals surface area contributed by atoms with Crippen molar-refractivity contribution in [1.82, 2.24) is 0 Å². The predicted octanol–water partition coefficient (Wildman–Crippen LogP) is 4.63. The molecule has 0 aliphatic carbocycles. The van der Waals surface area contributed by atoms with E-state index in [1.54, 1.807) is 22.1 Å². The summed E-state index contributed by atoms with van der Waals surface area (Å²) in [5.74, 6) is 0.167. The van der Waals surface area contributed by atoms with Crippen LogP contribution in [0.1, 0.15) is 12.2 Å². The molecule has 1 aliphatic heterocycles. The third kappa shape index (κ3) is 3.73. The average molecular weight is 439 g/mol. The van der Waals surface area contributed by atoms with Gasteiger partial charge in [0.15, 0.2) is 0 Å². The van der Waals surface area contributed by atoms with Crippen molar-refractivity contribution in [1.29, 1.82) is 0 Å². The second-order valence-electron chi connectivity index (χ2n) is 6.70. The van der Waals surface area contributed by atoms with Crippen LogP contribution in [0.3, 0.4) is 0 Å². The molecule has 1 aliphatic rings. The second-order valence-corrected chi connectivity index (χ2v) is 7.55. The molecule has 0 saturated carbocycles. The molecule has 0 spiro atoms. The summed E-state index contributed by atoms with van der Waals surface area (Å²) < 4.78 is 6.29. The summed E-state index contributed by atoms with van der Waals surface area (Å²) in [6.07, 6.45) is 1.79. The van der Waals surface area contributed by atoms with E-state index in [2.05, 4.69) is 15.9 Å². The van der Waals surface area contributed by atoms with Gasteiger partial charge in [0, 0.05) is 23.1 Å². The van der Waals surface area contributed by atoms with E-state index in [1.165, 1.54) is 0 Å². The first-order valence-electron chi connectivity index (χ1n) is 9.07. The molecule has 1 saturated heterocycles. The zero-order valence-corrected chi connectivity index (χ0v) is 16.7. The van der Waals surface area contributed by atoms with E-state index in [-0.39, 0.29) is 18.2 Å². The molecule has 4 rings (SSSR count). The molecule has 0 bridgehead atoms. The SMILES string of the molecule is O=C(C1CC(=O)N(c2ccccc2Br)C1)N(Cc1ccco1)c1ccccc1. The molecule has 1 atom stereocenters. The van der Waals surface area contributed by atoms with Crippen molar-refractivity contribution in [3.8, 4) is 0 Å². The lowest BCUT2D eigenvalue weighted by atomic mass is 10.1. The van der Waals surface area contributed by atoms with Crippen LogP contribution in [0, 0.1) is 5.92 Å². The number of hydrogen-bond acceptors (Lipinski definition) is 3. The molecule has 1 aromatic heterocycles. The summed E-state index contributed by atoms with van der Waals surface area (Å²) in [7, 11) is 0. The van der Waals surface area contributed by atoms with Crippen molar-refractivity contribution >= 4 is 39.1 Å². The van der Waals surface area contributed by atoms with Gasteiger partial charge in [-0.1, -0.05) is 30.3 Å². The minimum Gasteiger partial charge on any atom is -0.467 e. The second kappa shape index (κ2) is 8.02. The number of carbonyl (C=O) groups is 2. The third-order valence-electron chi connectivity index (χ3n) is 4.85. The first-order valence-corrected chi connectivity index (χ1v) is 9.86. The Morgan fingerprint density at radius 2 is 1.82 bits per heavy atom. The highest BCUT2D eigenvalue weighted by molar-refractivity contribution is 9.10. The quantitative estimate of drug-likeness (QED) is 0.583. The molecule has 3 aromatic rings. The lowest BCUT2D eigenvalue weighted by Crippen LogP contribution is -2.37. The minimum absolute atomic E-state index is 0.0451. The third-order valence-corrected chi connectivity index (χ3v) is 5.52. The predicted molar refractivity (Wildman–Crippen MR) is 111 cm³/mol. The Morgan fingerprint density at radius 1 is 1.07 bits per heavy atom. The summed E-state index contributed by atoms with van der Waals surface area (Å²) in [4.78, 5) is 29.4. The fraction of sp³-hybridized carbons (Fsp3) is 0.182. The van der Waals surface area contributed by atoms with Crippen molar-refractivity contribution < 1.29 is 14.0 Å². The number of benzene rings is 2. The molecule has 142 valence electrons. The van der Waals surface area contributed by atoms with Gasteiger partial charge in [-0.05, 0) is 52.3 Å². The van der Waals surface area contributed by atoms with Crippen LogP contribution in [0.4, 0.5) is 11.4 Å². The van der Waals surface area contributed by atoms with E-state index in [9.17, 15) is 9.59 Å². The van der Waals surface area contributed by atoms with E-state index in [4.69, 9.17) is 4.42 Å². The Balaban J connectivity index is 1.59. The normalized spacial score (nSPS) is 16.4. The molecule has 2 heterocycles. The van der Waals surface area contributed by atoms with Crippen LogP contribution in [0.25, 0.3) is 0 Å². The Labute approximate surface area is 171 Å². The lowest BCUT2D eigenvalue weighted by Gasteiger charge is -2.25. The van der Waals surface area contributed by atoms with Crippen molar-refractivity contribution in [3.05, 3.63) is 83.2 Å². The van der Waals surface area contributed by atoms with Crippen molar-refractivity contribution in [2.75, 3.05) is 16.3 Å². The van der Waals surface area contributed by atoms with Crippen molar-refractivity contribution in [3.63, 3.8) is 0 Å². The zero-order chi connectivity index (χ0) is 19.5. The number of halogens is 1. The van der Waals surface area contributed by atoms with Gasteiger partial charge >= 0.3 is 0 Å². The Hall–Kier alpha value is -2.86. The van der Waals surface area contributed by atoms with E-state index in [0.29, 0.717) is 18.8 Å². The van der Waals surface area contributed by atoms with Crippen LogP contribution in [0.15, 0.2) is 81.9 Å². The Bertz CT molecular complexity index is 972. The summed E-state index contributed by atoms with van der Waals surface area (Å²) in [6, 6.07) is 20.7. The molecule has 0 N–H and O–H groups in total. The van der Waals surface area contributed by atoms with Gasteiger partial charge in [0.1, 0.15) is 5.76 Å². The topological polar surface area (TPSA) is 53.8 Å². The summed E-state index contributed by atoms with van der Waals surface area (Å²) in [5.41, 5.74) is 1.58. The molecule has 2 amide bonds. The van der Waals surface area contributed by atoms with E-state index >= 15 is 0 Å². The highest BCUT2D eigenvalue weighted by atomic mass is 79.9. The number of hydrogen-bond donors (Lipinski definition) is 0. The van der Waals surface area contributed by atoms with E-state index in [1.807, 2.05) is 60.7 Å². The minimum atomic E-state index is -0.408. The van der Waals surface area contributed by atoms with Gasteiger partial charge in [-0.25, -0.2) is 0 Å². The Morgan fingerprint density at radius 3 is 2.54 bits per heavy atom. The van der Waals surface area contributed by atoms with Gasteiger partial charge < -0.3 is 14.2 Å². The highest BCUT2D eigenvalue weighted by Gasteiger charge is 2.38. The maximum absolute atomic E-state index is 13.4. The standard InChI is InChI=1S/C22H19BrN2O3/c23-19-10-4-5-11-20(19)25-14-16(13-21(25)26)22(27)24(15-18-9-6-12-28-18)17-7-2-1-3-8-17/h1-12,16H,13-15H2. The number of amides is 2. The molecule has 28 heavy (non-hydrogen) atoms. The van der Waals surface area contributed by atoms with Crippen LogP contribution in [0.5, 0.6) is 0 Å². The summed E-state index contributed by atoms with van der Waals surface area (Å²) >= 11 is 3.49. The van der Waals surface area contributed by atoms with Crippen LogP contribution in [-0.4, -0.2) is 18.4 Å². The number of para-hydroxylation sites is 2. The van der Waals surface area contributed by atoms with Gasteiger partial charge in [-0.2, -0.15) is 0 Å². The van der Waals surface area contributed by atoms with Gasteiger partial charge in [-0.3, -0.25) is 9.59 Å². The zero-order valence-electron chi connectivity index (χ0n) is 15.1. The maximum atomic E-state index is 13.4. The number of anilines is 2. The fourth-order valence-electron chi connectivity index (χ4n) is 3.46. The number of carbonyl (C=O) groups excluding carboxylic acids is 2. The Kier molecular flexibility index (Phi) is 5.30. The van der Waals surface area contributed by atoms with Gasteiger partial charge in [-0.15, -0.1) is 0 Å².